The number of halogens is 2. The molecule has 2 rings (SSSR count). The average molecular weight is 276 g/mol. The van der Waals surface area contributed by atoms with Crippen LogP contribution in [0.2, 0.25) is 0 Å². The van der Waals surface area contributed by atoms with E-state index in [1.165, 1.54) is 11.0 Å². The lowest BCUT2D eigenvalue weighted by Gasteiger charge is -2.10. The van der Waals surface area contributed by atoms with E-state index in [-0.39, 0.29) is 17.8 Å². The quantitative estimate of drug-likeness (QED) is 0.662. The normalized spacial score (nSPS) is 16.5. The summed E-state index contributed by atoms with van der Waals surface area (Å²) < 4.78 is 26.4. The van der Waals surface area contributed by atoms with Gasteiger partial charge in [-0.25, -0.2) is 13.8 Å². The summed E-state index contributed by atoms with van der Waals surface area (Å²) in [6, 6.07) is 1.82. The third-order valence-corrected chi connectivity index (χ3v) is 2.73. The van der Waals surface area contributed by atoms with Gasteiger partial charge in [0.1, 0.15) is 11.5 Å². The number of phenols is 1. The molecule has 1 aliphatic rings. The van der Waals surface area contributed by atoms with Crippen molar-refractivity contribution in [3.63, 3.8) is 0 Å². The van der Waals surface area contributed by atoms with Crippen LogP contribution in [0.1, 0.15) is 12.5 Å². The van der Waals surface area contributed by atoms with Crippen molar-refractivity contribution in [2.75, 3.05) is 6.54 Å². The van der Waals surface area contributed by atoms with E-state index in [1.807, 2.05) is 0 Å². The second-order valence-corrected chi connectivity index (χ2v) is 4.12. The molecule has 1 amide bonds. The third kappa shape index (κ3) is 2.38. The van der Waals surface area contributed by atoms with Crippen LogP contribution >= 0.6 is 0 Å². The molecule has 0 fully saturated rings. The largest absolute Gasteiger partial charge is 0.503 e. The van der Waals surface area contributed by atoms with Crippen molar-refractivity contribution in [3.8, 4) is 18.1 Å². The van der Waals surface area contributed by atoms with Gasteiger partial charge in [-0.2, -0.15) is 0 Å². The lowest BCUT2D eigenvalue weighted by molar-refractivity contribution is -0.122. The number of nitrogens with zero attached hydrogens (tertiary/aromatic N) is 2. The maximum Gasteiger partial charge on any atom is 0.278 e. The molecule has 0 aromatic heterocycles. The van der Waals surface area contributed by atoms with E-state index in [9.17, 15) is 13.6 Å². The molecule has 20 heavy (non-hydrogen) atoms. The Morgan fingerprint density at radius 3 is 2.60 bits per heavy atom. The molecule has 0 bridgehead atoms. The number of rotatable bonds is 2. The van der Waals surface area contributed by atoms with Gasteiger partial charge in [0.2, 0.25) is 0 Å². The van der Waals surface area contributed by atoms with E-state index in [1.54, 1.807) is 6.92 Å². The van der Waals surface area contributed by atoms with Crippen LogP contribution in [-0.4, -0.2) is 28.3 Å². The molecule has 0 atom stereocenters. The minimum atomic E-state index is -1.11. The summed E-state index contributed by atoms with van der Waals surface area (Å²) in [7, 11) is 0. The lowest BCUT2D eigenvalue weighted by atomic mass is 10.1. The molecule has 1 aromatic carbocycles. The molecule has 0 saturated carbocycles. The van der Waals surface area contributed by atoms with Gasteiger partial charge in [-0.1, -0.05) is 5.92 Å². The highest BCUT2D eigenvalue weighted by Gasteiger charge is 2.26. The standard InChI is InChI=1S/C14H10F2N2O2/c1-3-4-18-8(2)17-12(14(18)20)7-9-5-10(15)13(19)11(16)6-9/h1,5-7,19H,4H2,2H3/b12-7-. The minimum absolute atomic E-state index is 0.0299. The van der Waals surface area contributed by atoms with Crippen LogP contribution in [0, 0.1) is 24.0 Å². The Balaban J connectivity index is 2.38. The first-order valence-corrected chi connectivity index (χ1v) is 5.64. The Bertz CT molecular complexity index is 664. The van der Waals surface area contributed by atoms with Gasteiger partial charge in [0.15, 0.2) is 17.4 Å². The molecule has 0 spiro atoms. The second-order valence-electron chi connectivity index (χ2n) is 4.12. The fourth-order valence-corrected chi connectivity index (χ4v) is 1.77. The van der Waals surface area contributed by atoms with Gasteiger partial charge in [-0.15, -0.1) is 6.42 Å². The summed E-state index contributed by atoms with van der Waals surface area (Å²) in [5, 5.41) is 9.00. The summed E-state index contributed by atoms with van der Waals surface area (Å²) in [6.07, 6.45) is 6.37. The number of carbonyl (C=O) groups is 1. The summed E-state index contributed by atoms with van der Waals surface area (Å²) >= 11 is 0. The number of hydrogen-bond acceptors (Lipinski definition) is 3. The van der Waals surface area contributed by atoms with Crippen LogP contribution in [0.25, 0.3) is 6.08 Å². The fraction of sp³-hybridized carbons (Fsp3) is 0.143. The van der Waals surface area contributed by atoms with Gasteiger partial charge in [0, 0.05) is 0 Å². The second kappa shape index (κ2) is 5.13. The smallest absolute Gasteiger partial charge is 0.278 e. The summed E-state index contributed by atoms with van der Waals surface area (Å²) in [5.74, 6) is -0.968. The van der Waals surface area contributed by atoms with Crippen LogP contribution in [0.3, 0.4) is 0 Å². The summed E-state index contributed by atoms with van der Waals surface area (Å²) in [4.78, 5) is 17.2. The van der Waals surface area contributed by atoms with Crippen molar-refractivity contribution in [2.45, 2.75) is 6.92 Å². The van der Waals surface area contributed by atoms with Gasteiger partial charge in [-0.05, 0) is 30.7 Å². The molecule has 1 N–H and O–H groups in total. The molecular formula is C14H10F2N2O2. The summed E-state index contributed by atoms with van der Waals surface area (Å²) in [6.45, 7) is 1.68. The number of hydrogen-bond donors (Lipinski definition) is 1. The van der Waals surface area contributed by atoms with Gasteiger partial charge in [-0.3, -0.25) is 9.69 Å². The number of aromatic hydroxyl groups is 1. The molecule has 102 valence electrons. The zero-order valence-electron chi connectivity index (χ0n) is 10.5. The Morgan fingerprint density at radius 1 is 1.45 bits per heavy atom. The van der Waals surface area contributed by atoms with E-state index in [2.05, 4.69) is 10.9 Å². The molecule has 4 nitrogen and oxygen atoms in total. The maximum absolute atomic E-state index is 13.2. The number of phenolic OH excluding ortho intramolecular Hbond substituents is 1. The predicted octanol–water partition coefficient (Wildman–Crippen LogP) is 1.91. The maximum atomic E-state index is 13.2. The number of benzene rings is 1. The SMILES string of the molecule is C#CCN1C(=O)/C(=C/c2cc(F)c(O)c(F)c2)N=C1C. The Hall–Kier alpha value is -2.68. The molecule has 0 radical (unpaired) electrons. The monoisotopic (exact) mass is 276 g/mol. The highest BCUT2D eigenvalue weighted by molar-refractivity contribution is 6.13. The van der Waals surface area contributed by atoms with E-state index < -0.39 is 23.3 Å². The van der Waals surface area contributed by atoms with E-state index in [0.29, 0.717) is 5.84 Å². The van der Waals surface area contributed by atoms with Crippen molar-refractivity contribution in [2.24, 2.45) is 4.99 Å². The highest BCUT2D eigenvalue weighted by atomic mass is 19.1. The van der Waals surface area contributed by atoms with Crippen LogP contribution in [-0.2, 0) is 4.79 Å². The van der Waals surface area contributed by atoms with Gasteiger partial charge < -0.3 is 5.11 Å². The van der Waals surface area contributed by atoms with E-state index in [4.69, 9.17) is 11.5 Å². The molecular weight excluding hydrogens is 266 g/mol. The third-order valence-electron chi connectivity index (χ3n) is 2.73. The van der Waals surface area contributed by atoms with Crippen molar-refractivity contribution in [3.05, 3.63) is 35.0 Å². The molecule has 1 heterocycles. The topological polar surface area (TPSA) is 52.9 Å². The number of amides is 1. The van der Waals surface area contributed by atoms with Crippen LogP contribution in [0.4, 0.5) is 8.78 Å². The molecule has 0 aliphatic carbocycles. The number of carbonyl (C=O) groups excluding carboxylic acids is 1. The Morgan fingerprint density at radius 2 is 2.05 bits per heavy atom. The molecule has 6 heteroatoms. The first kappa shape index (κ1) is 13.7. The van der Waals surface area contributed by atoms with E-state index in [0.717, 1.165) is 12.1 Å². The van der Waals surface area contributed by atoms with Crippen LogP contribution < -0.4 is 0 Å². The lowest BCUT2D eigenvalue weighted by Crippen LogP contribution is -2.30. The van der Waals surface area contributed by atoms with Crippen molar-refractivity contribution in [1.29, 1.82) is 0 Å². The molecule has 0 saturated heterocycles. The average Bonchev–Trinajstić information content (AvgIpc) is 2.64. The van der Waals surface area contributed by atoms with Crippen molar-refractivity contribution in [1.82, 2.24) is 4.90 Å². The zero-order valence-corrected chi connectivity index (χ0v) is 10.5. The predicted molar refractivity (Wildman–Crippen MR) is 69.7 cm³/mol. The van der Waals surface area contributed by atoms with Gasteiger partial charge >= 0.3 is 0 Å². The number of aliphatic imine (C=N–C) groups is 1. The van der Waals surface area contributed by atoms with Crippen molar-refractivity contribution < 1.29 is 18.7 Å². The first-order chi connectivity index (χ1) is 9.43. The van der Waals surface area contributed by atoms with Gasteiger partial charge in [0.05, 0.1) is 6.54 Å². The van der Waals surface area contributed by atoms with Crippen molar-refractivity contribution >= 4 is 17.8 Å². The Labute approximate surface area is 114 Å². The van der Waals surface area contributed by atoms with E-state index >= 15 is 0 Å². The Kier molecular flexibility index (Phi) is 3.53. The zero-order chi connectivity index (χ0) is 14.9. The minimum Gasteiger partial charge on any atom is -0.503 e. The highest BCUT2D eigenvalue weighted by Crippen LogP contribution is 2.24. The van der Waals surface area contributed by atoms with Crippen LogP contribution in [0.15, 0.2) is 22.8 Å². The molecule has 1 aromatic rings. The van der Waals surface area contributed by atoms with Crippen LogP contribution in [0.5, 0.6) is 5.75 Å². The van der Waals surface area contributed by atoms with Gasteiger partial charge in [0.25, 0.3) is 5.91 Å². The molecule has 1 aliphatic heterocycles. The summed E-state index contributed by atoms with van der Waals surface area (Å²) in [5.41, 5.74) is 0.113. The fourth-order valence-electron chi connectivity index (χ4n) is 1.77. The molecule has 0 unspecified atom stereocenters. The first-order valence-electron chi connectivity index (χ1n) is 5.64. The number of amidine groups is 1. The number of terminal acetylenes is 1.